The maximum absolute atomic E-state index is 11.9. The monoisotopic (exact) mass is 310 g/mol. The molecule has 21 heavy (non-hydrogen) atoms. The quantitative estimate of drug-likeness (QED) is 0.849. The van der Waals surface area contributed by atoms with Crippen molar-refractivity contribution in [2.75, 3.05) is 18.5 Å². The number of benzene rings is 1. The van der Waals surface area contributed by atoms with E-state index in [1.807, 2.05) is 6.92 Å². The Hall–Kier alpha value is -1.10. The Bertz CT molecular complexity index is 488. The number of hydrogen-bond donors (Lipinski definition) is 2. The summed E-state index contributed by atoms with van der Waals surface area (Å²) in [6.07, 6.45) is 1.23. The molecule has 1 fully saturated rings. The Labute approximate surface area is 131 Å². The van der Waals surface area contributed by atoms with Gasteiger partial charge in [-0.1, -0.05) is 25.4 Å². The Morgan fingerprint density at radius 1 is 1.38 bits per heavy atom. The van der Waals surface area contributed by atoms with Gasteiger partial charge in [-0.15, -0.1) is 0 Å². The molecule has 2 atom stereocenters. The summed E-state index contributed by atoms with van der Waals surface area (Å²) in [6, 6.07) is 7.40. The average Bonchev–Trinajstić information content (AvgIpc) is 2.44. The van der Waals surface area contributed by atoms with E-state index in [-0.39, 0.29) is 17.4 Å². The molecule has 2 unspecified atom stereocenters. The largest absolute Gasteiger partial charge is 0.378 e. The third-order valence-electron chi connectivity index (χ3n) is 4.18. The maximum Gasteiger partial charge on any atom is 0.238 e. The third-order valence-corrected chi connectivity index (χ3v) is 4.43. The minimum Gasteiger partial charge on any atom is -0.378 e. The lowest BCUT2D eigenvalue weighted by molar-refractivity contribution is -0.123. The van der Waals surface area contributed by atoms with E-state index < -0.39 is 0 Å². The standard InChI is InChI=1S/C16H23ClN2O2/c1-4-21-14-9-13(16(14,2)3)18-10-15(20)19-12-7-5-11(17)6-8-12/h5-8,13-14,18H,4,9-10H2,1-3H3,(H,19,20). The van der Waals surface area contributed by atoms with Crippen molar-refractivity contribution in [2.24, 2.45) is 5.41 Å². The summed E-state index contributed by atoms with van der Waals surface area (Å²) < 4.78 is 5.68. The number of rotatable bonds is 6. The number of carbonyl (C=O) groups excluding carboxylic acids is 1. The topological polar surface area (TPSA) is 50.4 Å². The minimum atomic E-state index is -0.0482. The Kier molecular flexibility index (Phi) is 5.25. The van der Waals surface area contributed by atoms with Gasteiger partial charge in [-0.25, -0.2) is 0 Å². The number of ether oxygens (including phenoxy) is 1. The van der Waals surface area contributed by atoms with Crippen molar-refractivity contribution in [3.05, 3.63) is 29.3 Å². The van der Waals surface area contributed by atoms with Crippen LogP contribution in [-0.4, -0.2) is 31.2 Å². The zero-order valence-electron chi connectivity index (χ0n) is 12.8. The molecule has 116 valence electrons. The fourth-order valence-corrected chi connectivity index (χ4v) is 2.80. The van der Waals surface area contributed by atoms with E-state index in [1.165, 1.54) is 0 Å². The normalized spacial score (nSPS) is 23.4. The van der Waals surface area contributed by atoms with E-state index in [1.54, 1.807) is 24.3 Å². The molecule has 2 N–H and O–H groups in total. The fraction of sp³-hybridized carbons (Fsp3) is 0.562. The fourth-order valence-electron chi connectivity index (χ4n) is 2.67. The summed E-state index contributed by atoms with van der Waals surface area (Å²) in [4.78, 5) is 11.9. The highest BCUT2D eigenvalue weighted by Gasteiger charge is 2.48. The predicted octanol–water partition coefficient (Wildman–Crippen LogP) is 3.07. The van der Waals surface area contributed by atoms with Gasteiger partial charge in [0.15, 0.2) is 0 Å². The average molecular weight is 311 g/mol. The lowest BCUT2D eigenvalue weighted by atomic mass is 9.64. The van der Waals surface area contributed by atoms with Crippen molar-refractivity contribution < 1.29 is 9.53 Å². The Morgan fingerprint density at radius 2 is 2.05 bits per heavy atom. The van der Waals surface area contributed by atoms with Gasteiger partial charge >= 0.3 is 0 Å². The lowest BCUT2D eigenvalue weighted by Crippen LogP contribution is -2.61. The van der Waals surface area contributed by atoms with Crippen molar-refractivity contribution in [2.45, 2.75) is 39.3 Å². The van der Waals surface area contributed by atoms with Crippen LogP contribution in [-0.2, 0) is 9.53 Å². The highest BCUT2D eigenvalue weighted by atomic mass is 35.5. The number of halogens is 1. The van der Waals surface area contributed by atoms with Crippen molar-refractivity contribution in [1.82, 2.24) is 5.32 Å². The molecule has 0 aliphatic heterocycles. The van der Waals surface area contributed by atoms with Gasteiger partial charge in [0.05, 0.1) is 12.6 Å². The van der Waals surface area contributed by atoms with Crippen LogP contribution in [0.2, 0.25) is 5.02 Å². The predicted molar refractivity (Wildman–Crippen MR) is 85.7 cm³/mol. The molecule has 1 aromatic rings. The number of nitrogens with one attached hydrogen (secondary N) is 2. The summed E-state index contributed by atoms with van der Waals surface area (Å²) in [7, 11) is 0. The van der Waals surface area contributed by atoms with E-state index in [9.17, 15) is 4.79 Å². The maximum atomic E-state index is 11.9. The van der Waals surface area contributed by atoms with Gasteiger partial charge in [0.25, 0.3) is 0 Å². The molecule has 1 aliphatic carbocycles. The first-order valence-electron chi connectivity index (χ1n) is 7.34. The molecule has 1 aliphatic rings. The van der Waals surface area contributed by atoms with E-state index in [4.69, 9.17) is 16.3 Å². The van der Waals surface area contributed by atoms with Gasteiger partial charge in [-0.05, 0) is 37.6 Å². The lowest BCUT2D eigenvalue weighted by Gasteiger charge is -2.51. The van der Waals surface area contributed by atoms with E-state index in [0.29, 0.717) is 17.6 Å². The molecule has 2 rings (SSSR count). The van der Waals surface area contributed by atoms with Gasteiger partial charge < -0.3 is 15.4 Å². The molecule has 0 heterocycles. The molecule has 1 aromatic carbocycles. The number of amides is 1. The van der Waals surface area contributed by atoms with Gasteiger partial charge in [0.1, 0.15) is 0 Å². The molecular weight excluding hydrogens is 288 g/mol. The first-order chi connectivity index (χ1) is 9.93. The molecule has 1 amide bonds. The summed E-state index contributed by atoms with van der Waals surface area (Å²) >= 11 is 5.81. The van der Waals surface area contributed by atoms with Crippen LogP contribution in [0.15, 0.2) is 24.3 Å². The zero-order valence-corrected chi connectivity index (χ0v) is 13.5. The molecule has 5 heteroatoms. The second-order valence-electron chi connectivity index (χ2n) is 5.99. The molecule has 0 bridgehead atoms. The second kappa shape index (κ2) is 6.77. The van der Waals surface area contributed by atoms with E-state index in [0.717, 1.165) is 18.7 Å². The number of hydrogen-bond acceptors (Lipinski definition) is 3. The van der Waals surface area contributed by atoms with Crippen LogP contribution in [0.1, 0.15) is 27.2 Å². The molecule has 0 spiro atoms. The minimum absolute atomic E-state index is 0.0482. The van der Waals surface area contributed by atoms with Crippen LogP contribution < -0.4 is 10.6 Å². The van der Waals surface area contributed by atoms with Crippen LogP contribution >= 0.6 is 11.6 Å². The van der Waals surface area contributed by atoms with Crippen molar-refractivity contribution in [3.63, 3.8) is 0 Å². The Balaban J connectivity index is 1.76. The molecule has 0 aromatic heterocycles. The van der Waals surface area contributed by atoms with Crippen LogP contribution in [0.4, 0.5) is 5.69 Å². The van der Waals surface area contributed by atoms with Gasteiger partial charge in [-0.3, -0.25) is 4.79 Å². The molecular formula is C16H23ClN2O2. The van der Waals surface area contributed by atoms with Gasteiger partial charge in [0, 0.05) is 28.8 Å². The van der Waals surface area contributed by atoms with Crippen LogP contribution in [0.5, 0.6) is 0 Å². The summed E-state index contributed by atoms with van der Waals surface area (Å²) in [5.41, 5.74) is 0.822. The molecule has 0 saturated heterocycles. The van der Waals surface area contributed by atoms with Crippen LogP contribution in [0, 0.1) is 5.41 Å². The first-order valence-corrected chi connectivity index (χ1v) is 7.71. The van der Waals surface area contributed by atoms with Gasteiger partial charge in [-0.2, -0.15) is 0 Å². The van der Waals surface area contributed by atoms with E-state index in [2.05, 4.69) is 24.5 Å². The van der Waals surface area contributed by atoms with Gasteiger partial charge in [0.2, 0.25) is 5.91 Å². The number of carbonyl (C=O) groups is 1. The smallest absolute Gasteiger partial charge is 0.238 e. The summed E-state index contributed by atoms with van der Waals surface area (Å²) in [5.74, 6) is -0.0482. The molecule has 1 saturated carbocycles. The molecule has 0 radical (unpaired) electrons. The molecule has 4 nitrogen and oxygen atoms in total. The summed E-state index contributed by atoms with van der Waals surface area (Å²) in [5, 5.41) is 6.81. The van der Waals surface area contributed by atoms with Crippen molar-refractivity contribution >= 4 is 23.2 Å². The highest BCUT2D eigenvalue weighted by Crippen LogP contribution is 2.42. The number of anilines is 1. The highest BCUT2D eigenvalue weighted by molar-refractivity contribution is 6.30. The van der Waals surface area contributed by atoms with Crippen LogP contribution in [0.3, 0.4) is 0 Å². The van der Waals surface area contributed by atoms with Crippen molar-refractivity contribution in [3.8, 4) is 0 Å². The first kappa shape index (κ1) is 16.3. The summed E-state index contributed by atoms with van der Waals surface area (Å²) in [6.45, 7) is 7.39. The Morgan fingerprint density at radius 3 is 2.62 bits per heavy atom. The van der Waals surface area contributed by atoms with Crippen molar-refractivity contribution in [1.29, 1.82) is 0 Å². The third kappa shape index (κ3) is 3.96. The van der Waals surface area contributed by atoms with Crippen LogP contribution in [0.25, 0.3) is 0 Å². The zero-order chi connectivity index (χ0) is 15.5. The van der Waals surface area contributed by atoms with E-state index >= 15 is 0 Å². The SMILES string of the molecule is CCOC1CC(NCC(=O)Nc2ccc(Cl)cc2)C1(C)C. The second-order valence-corrected chi connectivity index (χ2v) is 6.43.